The summed E-state index contributed by atoms with van der Waals surface area (Å²) in [7, 11) is -0.382. The quantitative estimate of drug-likeness (QED) is 0.0942. The Morgan fingerprint density at radius 3 is 0.907 bits per heavy atom. The van der Waals surface area contributed by atoms with Crippen molar-refractivity contribution in [1.29, 1.82) is 0 Å². The predicted octanol–water partition coefficient (Wildman–Crippen LogP) is 21.9. The van der Waals surface area contributed by atoms with E-state index in [1.165, 1.54) is 44.2 Å². The monoisotopic (exact) mass is 1250 g/mol. The lowest BCUT2D eigenvalue weighted by molar-refractivity contribution is 0.00578. The minimum absolute atomic E-state index is 0.371. The van der Waals surface area contributed by atoms with E-state index in [4.69, 9.17) is 34.2 Å². The van der Waals surface area contributed by atoms with Crippen LogP contribution < -0.4 is 5.46 Å². The summed E-state index contributed by atoms with van der Waals surface area (Å²) in [5.41, 5.74) is 20.9. The van der Waals surface area contributed by atoms with Crippen LogP contribution in [0.1, 0.15) is 27.7 Å². The third-order valence-electron chi connectivity index (χ3n) is 19.1. The van der Waals surface area contributed by atoms with Crippen LogP contribution in [0.2, 0.25) is 0 Å². The SMILES string of the molecule is CC1(C)OB(c2ccc(-c3cccc4c(-c5ccccc5-c5ccccc5)nc5ccccc5c34)cc2)OC1(C)C.c1ccc(-c2nc(-c3ccccc3)nc(-c3ccc(-c4ccc(-c5cccc6c(-c7ccccc7-c7ccccc7)nc7ccccc7c56)cc4)cc3)n2)cc1. The fourth-order valence-corrected chi connectivity index (χ4v) is 13.4. The van der Waals surface area contributed by atoms with Gasteiger partial charge in [-0.2, -0.15) is 0 Å². The van der Waals surface area contributed by atoms with Crippen molar-refractivity contribution >= 4 is 55.9 Å². The first kappa shape index (κ1) is 60.2. The lowest BCUT2D eigenvalue weighted by Gasteiger charge is -2.32. The molecule has 0 saturated carbocycles. The largest absolute Gasteiger partial charge is 0.494 e. The van der Waals surface area contributed by atoms with Gasteiger partial charge in [0, 0.05) is 60.1 Å². The Kier molecular flexibility index (Phi) is 15.8. The molecule has 16 aromatic rings. The first-order valence-corrected chi connectivity index (χ1v) is 33.1. The van der Waals surface area contributed by atoms with Gasteiger partial charge in [0.15, 0.2) is 17.5 Å². The van der Waals surface area contributed by atoms with Gasteiger partial charge in [-0.25, -0.2) is 24.9 Å². The second-order valence-corrected chi connectivity index (χ2v) is 25.6. The van der Waals surface area contributed by atoms with Crippen LogP contribution in [-0.2, 0) is 9.31 Å². The van der Waals surface area contributed by atoms with Gasteiger partial charge < -0.3 is 9.31 Å². The lowest BCUT2D eigenvalue weighted by Crippen LogP contribution is -2.41. The van der Waals surface area contributed by atoms with Gasteiger partial charge in [0.05, 0.1) is 33.6 Å². The van der Waals surface area contributed by atoms with E-state index in [0.717, 1.165) is 99.5 Å². The van der Waals surface area contributed by atoms with E-state index >= 15 is 0 Å². The Bertz CT molecular complexity index is 5480. The van der Waals surface area contributed by atoms with E-state index in [9.17, 15) is 0 Å². The lowest BCUT2D eigenvalue weighted by atomic mass is 9.78. The number of aromatic nitrogens is 5. The Hall–Kier alpha value is -11.8. The van der Waals surface area contributed by atoms with Crippen molar-refractivity contribution in [2.45, 2.75) is 38.9 Å². The normalized spacial score (nSPS) is 13.2. The summed E-state index contributed by atoms with van der Waals surface area (Å²) in [4.78, 5) is 25.2. The average Bonchev–Trinajstić information content (AvgIpc) is 1.00. The molecule has 3 aromatic heterocycles. The zero-order valence-corrected chi connectivity index (χ0v) is 54.3. The van der Waals surface area contributed by atoms with Crippen molar-refractivity contribution in [3.8, 4) is 112 Å². The molecule has 0 radical (unpaired) electrons. The molecule has 1 saturated heterocycles. The highest BCUT2D eigenvalue weighted by atomic mass is 16.7. The van der Waals surface area contributed by atoms with Crippen molar-refractivity contribution in [2.75, 3.05) is 0 Å². The first-order chi connectivity index (χ1) is 47.6. The third-order valence-corrected chi connectivity index (χ3v) is 19.1. The smallest absolute Gasteiger partial charge is 0.399 e. The molecule has 13 aromatic carbocycles. The van der Waals surface area contributed by atoms with Crippen molar-refractivity contribution in [3.63, 3.8) is 0 Å². The molecule has 0 unspecified atom stereocenters. The van der Waals surface area contributed by atoms with Crippen molar-refractivity contribution < 1.29 is 9.31 Å². The van der Waals surface area contributed by atoms with Gasteiger partial charge in [0.2, 0.25) is 0 Å². The number of hydrogen-bond acceptors (Lipinski definition) is 7. The van der Waals surface area contributed by atoms with E-state index in [0.29, 0.717) is 17.5 Å². The zero-order chi connectivity index (χ0) is 65.5. The summed E-state index contributed by atoms with van der Waals surface area (Å²) >= 11 is 0. The zero-order valence-electron chi connectivity index (χ0n) is 54.3. The topological polar surface area (TPSA) is 82.9 Å². The van der Waals surface area contributed by atoms with Crippen molar-refractivity contribution in [3.05, 3.63) is 328 Å². The molecule has 4 heterocycles. The Balaban J connectivity index is 0.000000160. The molecule has 97 heavy (non-hydrogen) atoms. The van der Waals surface area contributed by atoms with Gasteiger partial charge in [0.25, 0.3) is 0 Å². The van der Waals surface area contributed by atoms with E-state index in [-0.39, 0.29) is 18.3 Å². The fourth-order valence-electron chi connectivity index (χ4n) is 13.4. The second kappa shape index (κ2) is 25.5. The number of para-hydroxylation sites is 2. The van der Waals surface area contributed by atoms with Gasteiger partial charge in [-0.1, -0.05) is 315 Å². The first-order valence-electron chi connectivity index (χ1n) is 33.1. The van der Waals surface area contributed by atoms with E-state index in [1.807, 2.05) is 60.7 Å². The second-order valence-electron chi connectivity index (χ2n) is 25.6. The van der Waals surface area contributed by atoms with Gasteiger partial charge in [-0.3, -0.25) is 0 Å². The van der Waals surface area contributed by atoms with E-state index in [1.54, 1.807) is 0 Å². The van der Waals surface area contributed by atoms with Gasteiger partial charge >= 0.3 is 7.12 Å². The molecule has 1 aliphatic heterocycles. The van der Waals surface area contributed by atoms with Crippen LogP contribution in [0.5, 0.6) is 0 Å². The number of rotatable bonds is 11. The highest BCUT2D eigenvalue weighted by molar-refractivity contribution is 6.62. The average molecular weight is 1250 g/mol. The summed E-state index contributed by atoms with van der Waals surface area (Å²) in [6.07, 6.45) is 0. The molecule has 1 fully saturated rings. The maximum Gasteiger partial charge on any atom is 0.494 e. The van der Waals surface area contributed by atoms with Crippen LogP contribution in [0, 0.1) is 0 Å². The van der Waals surface area contributed by atoms with Gasteiger partial charge in [-0.05, 0) is 101 Å². The van der Waals surface area contributed by atoms with Crippen molar-refractivity contribution in [1.82, 2.24) is 24.9 Å². The molecule has 7 nitrogen and oxygen atoms in total. The number of nitrogens with zero attached hydrogens (tertiary/aromatic N) is 5. The van der Waals surface area contributed by atoms with Crippen LogP contribution in [0.3, 0.4) is 0 Å². The van der Waals surface area contributed by atoms with Gasteiger partial charge in [0.1, 0.15) is 0 Å². The number of hydrogen-bond donors (Lipinski definition) is 0. The highest BCUT2D eigenvalue weighted by Crippen LogP contribution is 2.45. The van der Waals surface area contributed by atoms with Crippen LogP contribution in [0.25, 0.3) is 156 Å². The van der Waals surface area contributed by atoms with E-state index < -0.39 is 0 Å². The molecule has 0 N–H and O–H groups in total. The molecule has 462 valence electrons. The molecule has 17 rings (SSSR count). The summed E-state index contributed by atoms with van der Waals surface area (Å²) in [5.74, 6) is 1.94. The maximum atomic E-state index is 6.31. The summed E-state index contributed by atoms with van der Waals surface area (Å²) in [6, 6.07) is 115. The standard InChI is InChI=1S/C52H34N4.C37H32BNO2/c1-4-15-37(16-5-1)42-21-10-11-22-44(42)49-46-25-14-24-43(48(46)45-23-12-13-26-47(45)53-49)38-31-27-35(28-32-38)36-29-33-41(34-30-36)52-55-50(39-17-6-2-7-18-39)54-51(56-52)40-19-8-3-9-20-40;1-36(2)37(3,4)41-38(40-36)27-23-21-26(22-24-27)29-18-12-19-32-34(29)31-17-10-11-20-33(31)39-35(32)30-16-9-8-15-28(30)25-13-6-5-7-14-25/h1-34H;5-24H,1-4H3. The van der Waals surface area contributed by atoms with Crippen molar-refractivity contribution in [2.24, 2.45) is 0 Å². The number of fused-ring (bicyclic) bond motifs is 6. The molecule has 8 heteroatoms. The van der Waals surface area contributed by atoms with Crippen LogP contribution >= 0.6 is 0 Å². The van der Waals surface area contributed by atoms with Crippen LogP contribution in [0.4, 0.5) is 0 Å². The van der Waals surface area contributed by atoms with Crippen LogP contribution in [-0.4, -0.2) is 43.2 Å². The Labute approximate surface area is 565 Å². The molecule has 0 bridgehead atoms. The minimum Gasteiger partial charge on any atom is -0.399 e. The van der Waals surface area contributed by atoms with Gasteiger partial charge in [-0.15, -0.1) is 0 Å². The Morgan fingerprint density at radius 1 is 0.227 bits per heavy atom. The molecule has 1 aliphatic rings. The fraction of sp³-hybridized carbons (Fsp3) is 0.0674. The summed E-state index contributed by atoms with van der Waals surface area (Å²) in [6.45, 7) is 8.35. The molecule has 0 aliphatic carbocycles. The predicted molar refractivity (Wildman–Crippen MR) is 402 cm³/mol. The molecular formula is C89H66BN5O2. The molecule has 0 amide bonds. The third kappa shape index (κ3) is 11.6. The van der Waals surface area contributed by atoms with E-state index in [2.05, 4.69) is 295 Å². The minimum atomic E-state index is -0.382. The molecule has 0 atom stereocenters. The highest BCUT2D eigenvalue weighted by Gasteiger charge is 2.51. The maximum absolute atomic E-state index is 6.31. The number of benzene rings is 13. The molecular weight excluding hydrogens is 1180 g/mol. The molecule has 0 spiro atoms. The number of pyridine rings is 2. The summed E-state index contributed by atoms with van der Waals surface area (Å²) in [5, 5.41) is 6.97. The Morgan fingerprint density at radius 2 is 0.505 bits per heavy atom. The van der Waals surface area contributed by atoms with Crippen LogP contribution in [0.15, 0.2) is 328 Å². The summed E-state index contributed by atoms with van der Waals surface area (Å²) < 4.78 is 12.6.